The van der Waals surface area contributed by atoms with Gasteiger partial charge in [0.1, 0.15) is 0 Å². The van der Waals surface area contributed by atoms with Crippen LogP contribution in [0.25, 0.3) is 0 Å². The van der Waals surface area contributed by atoms with Crippen LogP contribution >= 0.6 is 0 Å². The number of amides is 1. The van der Waals surface area contributed by atoms with Crippen molar-refractivity contribution in [2.75, 3.05) is 0 Å². The van der Waals surface area contributed by atoms with Crippen LogP contribution in [-0.4, -0.2) is 22.9 Å². The quantitative estimate of drug-likeness (QED) is 0.925. The first-order chi connectivity index (χ1) is 10.0. The average Bonchev–Trinajstić information content (AvgIpc) is 3.25. The van der Waals surface area contributed by atoms with Gasteiger partial charge in [0.25, 0.3) is 0 Å². The number of hydrogen-bond acceptors (Lipinski definition) is 2. The van der Waals surface area contributed by atoms with Crippen molar-refractivity contribution in [3.05, 3.63) is 35.4 Å². The summed E-state index contributed by atoms with van der Waals surface area (Å²) in [5.74, 6) is 0.274. The molecule has 3 nitrogen and oxygen atoms in total. The molecule has 2 unspecified atom stereocenters. The summed E-state index contributed by atoms with van der Waals surface area (Å²) in [7, 11) is 0. The van der Waals surface area contributed by atoms with Gasteiger partial charge >= 0.3 is 0 Å². The van der Waals surface area contributed by atoms with E-state index in [2.05, 4.69) is 43.0 Å². The first-order valence-electron chi connectivity index (χ1n) is 8.13. The van der Waals surface area contributed by atoms with Crippen molar-refractivity contribution in [1.29, 1.82) is 0 Å². The molecule has 0 spiro atoms. The van der Waals surface area contributed by atoms with E-state index >= 15 is 0 Å². The standard InChI is InChI=1S/C18H26N2O/c1-13-5-7-14(8-6-13)12-20(15-9-10-15)17(21)18(2)11-3-4-16(18)19/h5-8,15-16H,3-4,9-12,19H2,1-2H3. The van der Waals surface area contributed by atoms with E-state index in [-0.39, 0.29) is 17.4 Å². The maximum atomic E-state index is 13.1. The van der Waals surface area contributed by atoms with Crippen LogP contribution in [0, 0.1) is 12.3 Å². The molecule has 2 saturated carbocycles. The van der Waals surface area contributed by atoms with Gasteiger partial charge in [-0.2, -0.15) is 0 Å². The van der Waals surface area contributed by atoms with Gasteiger partial charge in [-0.3, -0.25) is 4.79 Å². The first kappa shape index (κ1) is 14.6. The molecule has 2 atom stereocenters. The van der Waals surface area contributed by atoms with Gasteiger partial charge in [-0.1, -0.05) is 36.2 Å². The van der Waals surface area contributed by atoms with E-state index in [1.165, 1.54) is 11.1 Å². The molecule has 0 heterocycles. The third-order valence-electron chi connectivity index (χ3n) is 5.24. The molecule has 1 aromatic carbocycles. The number of rotatable bonds is 4. The zero-order chi connectivity index (χ0) is 15.0. The molecule has 21 heavy (non-hydrogen) atoms. The molecular formula is C18H26N2O. The van der Waals surface area contributed by atoms with Crippen LogP contribution < -0.4 is 5.73 Å². The minimum Gasteiger partial charge on any atom is -0.335 e. The van der Waals surface area contributed by atoms with Crippen molar-refractivity contribution in [2.24, 2.45) is 11.1 Å². The van der Waals surface area contributed by atoms with Crippen LogP contribution in [0.1, 0.15) is 50.2 Å². The Labute approximate surface area is 127 Å². The summed E-state index contributed by atoms with van der Waals surface area (Å²) in [5.41, 5.74) is 8.36. The molecule has 1 aromatic rings. The maximum Gasteiger partial charge on any atom is 0.230 e. The molecule has 0 bridgehead atoms. The Morgan fingerprint density at radius 3 is 2.48 bits per heavy atom. The second-order valence-electron chi connectivity index (χ2n) is 7.07. The normalized spacial score (nSPS) is 28.6. The highest BCUT2D eigenvalue weighted by Gasteiger charge is 2.47. The number of carbonyl (C=O) groups is 1. The van der Waals surface area contributed by atoms with Gasteiger partial charge in [-0.05, 0) is 45.1 Å². The summed E-state index contributed by atoms with van der Waals surface area (Å²) >= 11 is 0. The smallest absolute Gasteiger partial charge is 0.230 e. The van der Waals surface area contributed by atoms with Gasteiger partial charge in [0.15, 0.2) is 0 Å². The maximum absolute atomic E-state index is 13.1. The van der Waals surface area contributed by atoms with Crippen molar-refractivity contribution in [2.45, 2.75) is 64.6 Å². The van der Waals surface area contributed by atoms with Crippen LogP contribution in [0.3, 0.4) is 0 Å². The summed E-state index contributed by atoms with van der Waals surface area (Å²) in [4.78, 5) is 15.2. The van der Waals surface area contributed by atoms with Crippen molar-refractivity contribution < 1.29 is 4.79 Å². The molecule has 1 amide bonds. The van der Waals surface area contributed by atoms with E-state index in [0.29, 0.717) is 6.04 Å². The number of nitrogens with zero attached hydrogens (tertiary/aromatic N) is 1. The summed E-state index contributed by atoms with van der Waals surface area (Å²) in [6.07, 6.45) is 5.27. The first-order valence-corrected chi connectivity index (χ1v) is 8.13. The van der Waals surface area contributed by atoms with Gasteiger partial charge in [-0.25, -0.2) is 0 Å². The second kappa shape index (κ2) is 5.45. The second-order valence-corrected chi connectivity index (χ2v) is 7.07. The molecule has 3 rings (SSSR count). The Morgan fingerprint density at radius 1 is 1.29 bits per heavy atom. The lowest BCUT2D eigenvalue weighted by atomic mass is 9.83. The third kappa shape index (κ3) is 2.84. The van der Waals surface area contributed by atoms with Crippen LogP contribution in [0.2, 0.25) is 0 Å². The minimum atomic E-state index is -0.354. The van der Waals surface area contributed by atoms with Gasteiger partial charge in [0.2, 0.25) is 5.91 Å². The fourth-order valence-corrected chi connectivity index (χ4v) is 3.43. The predicted octanol–water partition coefficient (Wildman–Crippen LogP) is 3.00. The zero-order valence-electron chi connectivity index (χ0n) is 13.1. The molecule has 2 aliphatic rings. The van der Waals surface area contributed by atoms with E-state index in [4.69, 9.17) is 5.73 Å². The summed E-state index contributed by atoms with van der Waals surface area (Å²) in [5, 5.41) is 0. The fraction of sp³-hybridized carbons (Fsp3) is 0.611. The van der Waals surface area contributed by atoms with Gasteiger partial charge in [-0.15, -0.1) is 0 Å². The molecular weight excluding hydrogens is 260 g/mol. The Kier molecular flexibility index (Phi) is 3.78. The van der Waals surface area contributed by atoms with Gasteiger partial charge < -0.3 is 10.6 Å². The molecule has 3 heteroatoms. The lowest BCUT2D eigenvalue weighted by molar-refractivity contribution is -0.143. The number of carbonyl (C=O) groups excluding carboxylic acids is 1. The molecule has 2 N–H and O–H groups in total. The van der Waals surface area contributed by atoms with Crippen LogP contribution in [-0.2, 0) is 11.3 Å². The molecule has 114 valence electrons. The number of aryl methyl sites for hydroxylation is 1. The van der Waals surface area contributed by atoms with Crippen molar-refractivity contribution in [3.63, 3.8) is 0 Å². The average molecular weight is 286 g/mol. The van der Waals surface area contributed by atoms with E-state index in [0.717, 1.165) is 38.6 Å². The Balaban J connectivity index is 1.78. The predicted molar refractivity (Wildman–Crippen MR) is 84.7 cm³/mol. The summed E-state index contributed by atoms with van der Waals surface area (Å²) in [6.45, 7) is 4.88. The molecule has 0 aliphatic heterocycles. The van der Waals surface area contributed by atoms with E-state index in [1.807, 2.05) is 0 Å². The molecule has 2 aliphatic carbocycles. The third-order valence-corrected chi connectivity index (χ3v) is 5.24. The molecule has 2 fully saturated rings. The van der Waals surface area contributed by atoms with Crippen LogP contribution in [0.4, 0.5) is 0 Å². The van der Waals surface area contributed by atoms with E-state index in [9.17, 15) is 4.79 Å². The van der Waals surface area contributed by atoms with E-state index < -0.39 is 0 Å². The monoisotopic (exact) mass is 286 g/mol. The van der Waals surface area contributed by atoms with Gasteiger partial charge in [0, 0.05) is 18.6 Å². The number of benzene rings is 1. The Hall–Kier alpha value is -1.35. The highest BCUT2D eigenvalue weighted by molar-refractivity contribution is 5.84. The van der Waals surface area contributed by atoms with Crippen LogP contribution in [0.5, 0.6) is 0 Å². The highest BCUT2D eigenvalue weighted by Crippen LogP contribution is 2.41. The van der Waals surface area contributed by atoms with Crippen molar-refractivity contribution in [3.8, 4) is 0 Å². The van der Waals surface area contributed by atoms with Gasteiger partial charge in [0.05, 0.1) is 5.41 Å². The molecule has 0 saturated heterocycles. The lowest BCUT2D eigenvalue weighted by Gasteiger charge is -2.35. The lowest BCUT2D eigenvalue weighted by Crippen LogP contribution is -2.49. The Morgan fingerprint density at radius 2 is 1.95 bits per heavy atom. The highest BCUT2D eigenvalue weighted by atomic mass is 16.2. The largest absolute Gasteiger partial charge is 0.335 e. The van der Waals surface area contributed by atoms with Crippen molar-refractivity contribution >= 4 is 5.91 Å². The topological polar surface area (TPSA) is 46.3 Å². The van der Waals surface area contributed by atoms with Crippen LogP contribution in [0.15, 0.2) is 24.3 Å². The summed E-state index contributed by atoms with van der Waals surface area (Å²) < 4.78 is 0. The minimum absolute atomic E-state index is 0.0178. The fourth-order valence-electron chi connectivity index (χ4n) is 3.43. The summed E-state index contributed by atoms with van der Waals surface area (Å²) in [6, 6.07) is 8.96. The van der Waals surface area contributed by atoms with E-state index in [1.54, 1.807) is 0 Å². The number of hydrogen-bond donors (Lipinski definition) is 1. The SMILES string of the molecule is Cc1ccc(CN(C(=O)C2(C)CCCC2N)C2CC2)cc1. The Bertz CT molecular complexity index is 521. The zero-order valence-corrected chi connectivity index (χ0v) is 13.1. The number of nitrogens with two attached hydrogens (primary N) is 1. The molecule has 0 radical (unpaired) electrons. The van der Waals surface area contributed by atoms with Crippen molar-refractivity contribution in [1.82, 2.24) is 4.90 Å². The molecule has 0 aromatic heterocycles.